The van der Waals surface area contributed by atoms with E-state index in [9.17, 15) is 0 Å². The van der Waals surface area contributed by atoms with Crippen LogP contribution in [0.25, 0.3) is 0 Å². The van der Waals surface area contributed by atoms with Gasteiger partial charge in [-0.1, -0.05) is 91.7 Å². The van der Waals surface area contributed by atoms with Crippen molar-refractivity contribution in [3.8, 4) is 0 Å². The molecule has 6 rings (SSSR count). The molecule has 5 heteroatoms. The smallest absolute Gasteiger partial charge is 0.472 e. The second kappa shape index (κ2) is 17.8. The van der Waals surface area contributed by atoms with Gasteiger partial charge in [-0.15, -0.1) is 0 Å². The van der Waals surface area contributed by atoms with Gasteiger partial charge in [0.15, 0.2) is 0 Å². The molecule has 0 saturated heterocycles. The van der Waals surface area contributed by atoms with E-state index in [2.05, 4.69) is 97.9 Å². The quantitative estimate of drug-likeness (QED) is 0.151. The summed E-state index contributed by atoms with van der Waals surface area (Å²) in [7, 11) is -1.11. The summed E-state index contributed by atoms with van der Waals surface area (Å²) in [6.07, 6.45) is 15.2. The predicted octanol–water partition coefficient (Wildman–Crippen LogP) is 10.2. The first-order chi connectivity index (χ1) is 20.2. The summed E-state index contributed by atoms with van der Waals surface area (Å²) in [6, 6.07) is 32.4. The number of nitrogens with zero attached hydrogens (tertiary/aromatic N) is 1. The summed E-state index contributed by atoms with van der Waals surface area (Å²) in [5.74, 6) is 0.765. The Morgan fingerprint density at radius 1 is 0.682 bits per heavy atom. The van der Waals surface area contributed by atoms with Gasteiger partial charge in [0, 0.05) is 18.4 Å². The molecule has 2 saturated carbocycles. The molecule has 2 atom stereocenters. The normalized spacial score (nSPS) is 20.9. The topological polar surface area (TPSA) is 30.8 Å². The van der Waals surface area contributed by atoms with E-state index < -0.39 is 13.7 Å². The van der Waals surface area contributed by atoms with Crippen LogP contribution in [0.15, 0.2) is 96.0 Å². The van der Waals surface area contributed by atoms with Gasteiger partial charge in [0.25, 0.3) is 0 Å². The van der Waals surface area contributed by atoms with Gasteiger partial charge >= 0.3 is 20.1 Å². The van der Waals surface area contributed by atoms with E-state index in [-0.39, 0.29) is 47.1 Å². The third kappa shape index (κ3) is 8.91. The number of rotatable bonds is 10. The summed E-state index contributed by atoms with van der Waals surface area (Å²) in [4.78, 5) is 5.43. The van der Waals surface area contributed by atoms with E-state index in [1.165, 1.54) is 75.3 Å². The Kier molecular flexibility index (Phi) is 14.8. The number of aliphatic imine (C=N–C) groups is 1. The maximum Gasteiger partial charge on any atom is 3.00 e. The maximum absolute atomic E-state index is 7.98. The van der Waals surface area contributed by atoms with Gasteiger partial charge in [-0.25, -0.2) is 9.52 Å². The predicted molar refractivity (Wildman–Crippen MR) is 186 cm³/mol. The molecule has 1 aliphatic heterocycles. The molecule has 0 bridgehead atoms. The molecule has 3 aliphatic rings. The van der Waals surface area contributed by atoms with Gasteiger partial charge in [-0.2, -0.15) is 0 Å². The third-order valence-corrected chi connectivity index (χ3v) is 13.0. The van der Waals surface area contributed by atoms with Gasteiger partial charge in [0.2, 0.25) is 5.90 Å². The molecule has 3 aromatic rings. The summed E-state index contributed by atoms with van der Waals surface area (Å²) in [6.45, 7) is 2.21. The molecule has 0 spiro atoms. The Balaban J connectivity index is 0.00000176. The molecular formula is C39H53IrNO2P+2. The van der Waals surface area contributed by atoms with E-state index in [0.29, 0.717) is 0 Å². The molecule has 3 aromatic carbocycles. The van der Waals surface area contributed by atoms with Crippen LogP contribution in [0.4, 0.5) is 0 Å². The van der Waals surface area contributed by atoms with Crippen LogP contribution in [0.5, 0.6) is 0 Å². The van der Waals surface area contributed by atoms with Crippen molar-refractivity contribution in [3.05, 3.63) is 123 Å². The monoisotopic (exact) mass is 791 g/mol. The molecule has 44 heavy (non-hydrogen) atoms. The number of benzene rings is 3. The SMILES string of the molecule is C[C@@H]1OC(c2ccccc2)=N[C@@H]1C(Cc1ccccc1)(Cc1ccccc1)O[PH+](C1CCCCC1)C1CCCCC1.[CH3-].[CH3-].[Ir+3]. The first-order valence-electron chi connectivity index (χ1n) is 16.1. The Morgan fingerprint density at radius 3 is 1.57 bits per heavy atom. The first-order valence-corrected chi connectivity index (χ1v) is 17.7. The Morgan fingerprint density at radius 2 is 1.11 bits per heavy atom. The van der Waals surface area contributed by atoms with E-state index in [0.717, 1.165) is 35.6 Å². The van der Waals surface area contributed by atoms with Crippen LogP contribution in [0, 0.1) is 14.9 Å². The Hall–Kier alpha value is -1.83. The average molecular weight is 791 g/mol. The van der Waals surface area contributed by atoms with Crippen LogP contribution in [-0.2, 0) is 42.2 Å². The van der Waals surface area contributed by atoms with E-state index in [1.807, 2.05) is 0 Å². The standard InChI is InChI=1S/C37H46NO2P.2CH3.Ir/c1-29-35(38-36(39-29)32-21-11-4-12-22-32)37(27-30-17-7-2-8-18-30,28-31-19-9-3-10-20-31)40-41(33-23-13-5-14-24-33)34-25-15-6-16-26-34;;;/h2-4,7-12,17-22,29,33-35H,5-6,13-16,23-28H2,1H3;2*1H3;/q;2*-1;+3/p+1/t29-,35-;;;/m0.../s1. The summed E-state index contributed by atoms with van der Waals surface area (Å²) in [5, 5.41) is 0. The van der Waals surface area contributed by atoms with Crippen molar-refractivity contribution in [2.75, 3.05) is 0 Å². The van der Waals surface area contributed by atoms with Crippen LogP contribution in [0.1, 0.15) is 87.8 Å². The van der Waals surface area contributed by atoms with Crippen molar-refractivity contribution in [2.45, 2.75) is 113 Å². The fourth-order valence-electron chi connectivity index (χ4n) is 7.57. The molecule has 3 nitrogen and oxygen atoms in total. The Bertz CT molecular complexity index is 1180. The zero-order chi connectivity index (χ0) is 27.9. The van der Waals surface area contributed by atoms with Gasteiger partial charge < -0.3 is 19.6 Å². The number of ether oxygens (including phenoxy) is 1. The fraction of sp³-hybridized carbons (Fsp3) is 0.462. The molecule has 0 N–H and O–H groups in total. The van der Waals surface area contributed by atoms with Crippen molar-refractivity contribution >= 4 is 14.0 Å². The van der Waals surface area contributed by atoms with Crippen molar-refractivity contribution < 1.29 is 29.4 Å². The molecule has 2 aliphatic carbocycles. The Labute approximate surface area is 282 Å². The molecule has 0 unspecified atom stereocenters. The second-order valence-electron chi connectivity index (χ2n) is 12.6. The molecule has 238 valence electrons. The van der Waals surface area contributed by atoms with Gasteiger partial charge in [0.1, 0.15) is 25.9 Å². The van der Waals surface area contributed by atoms with Gasteiger partial charge in [-0.3, -0.25) is 0 Å². The maximum atomic E-state index is 7.98. The van der Waals surface area contributed by atoms with Gasteiger partial charge in [0.05, 0.1) is 11.3 Å². The minimum absolute atomic E-state index is 0. The minimum atomic E-state index is -1.11. The summed E-state index contributed by atoms with van der Waals surface area (Å²) in [5.41, 5.74) is 4.71. The van der Waals surface area contributed by atoms with Gasteiger partial charge in [-0.05, 0) is 81.5 Å². The van der Waals surface area contributed by atoms with Crippen molar-refractivity contribution in [1.82, 2.24) is 0 Å². The van der Waals surface area contributed by atoms with E-state index >= 15 is 0 Å². The first kappa shape index (κ1) is 36.6. The van der Waals surface area contributed by atoms with E-state index in [4.69, 9.17) is 14.3 Å². The van der Waals surface area contributed by atoms with Crippen LogP contribution < -0.4 is 0 Å². The molecule has 1 heterocycles. The molecule has 2 fully saturated rings. The molecule has 0 radical (unpaired) electrons. The van der Waals surface area contributed by atoms with Crippen LogP contribution in [0.3, 0.4) is 0 Å². The third-order valence-electron chi connectivity index (χ3n) is 9.59. The number of hydrogen-bond donors (Lipinski definition) is 0. The summed E-state index contributed by atoms with van der Waals surface area (Å²) < 4.78 is 14.6. The largest absolute Gasteiger partial charge is 3.00 e. The van der Waals surface area contributed by atoms with Crippen molar-refractivity contribution in [2.24, 2.45) is 4.99 Å². The molecule has 0 amide bonds. The second-order valence-corrected chi connectivity index (χ2v) is 15.3. The zero-order valence-corrected chi connectivity index (χ0v) is 30.4. The fourth-order valence-corrected chi connectivity index (χ4v) is 11.3. The molecular weight excluding hydrogens is 738 g/mol. The summed E-state index contributed by atoms with van der Waals surface area (Å²) >= 11 is 0. The van der Waals surface area contributed by atoms with Crippen LogP contribution in [0.2, 0.25) is 0 Å². The molecule has 0 aromatic heterocycles. The average Bonchev–Trinajstić information content (AvgIpc) is 3.44. The van der Waals surface area contributed by atoms with Crippen LogP contribution >= 0.6 is 8.15 Å². The van der Waals surface area contributed by atoms with Crippen LogP contribution in [-0.4, -0.2) is 35.0 Å². The van der Waals surface area contributed by atoms with E-state index in [1.54, 1.807) is 0 Å². The minimum Gasteiger partial charge on any atom is -0.472 e. The zero-order valence-electron chi connectivity index (χ0n) is 27.1. The van der Waals surface area contributed by atoms with Crippen molar-refractivity contribution in [1.29, 1.82) is 0 Å². The van der Waals surface area contributed by atoms with Crippen molar-refractivity contribution in [3.63, 3.8) is 0 Å². The number of hydrogen-bond acceptors (Lipinski definition) is 3.